The number of para-hydroxylation sites is 1. The zero-order valence-electron chi connectivity index (χ0n) is 23.4. The number of ether oxygens (including phenoxy) is 1. The van der Waals surface area contributed by atoms with E-state index in [1.165, 1.54) is 11.3 Å². The number of nitrogens with zero attached hydrogens (tertiary/aromatic N) is 3. The van der Waals surface area contributed by atoms with Crippen molar-refractivity contribution in [1.29, 1.82) is 0 Å². The number of carbonyl (C=O) groups excluding carboxylic acids is 2. The molecule has 0 atom stereocenters. The number of hydrogen-bond acceptors (Lipinski definition) is 7. The second kappa shape index (κ2) is 10.9. The second-order valence-electron chi connectivity index (χ2n) is 11.4. The molecule has 5 heterocycles. The number of aromatic carboxylic acids is 1. The number of carboxylic acids is 1. The molecule has 2 aromatic carbocycles. The van der Waals surface area contributed by atoms with Crippen molar-refractivity contribution in [1.82, 2.24) is 4.98 Å². The summed E-state index contributed by atoms with van der Waals surface area (Å²) in [6.07, 6.45) is 4.33. The minimum Gasteiger partial charge on any atom is -0.477 e. The van der Waals surface area contributed by atoms with Gasteiger partial charge in [0.2, 0.25) is 0 Å². The molecule has 0 unspecified atom stereocenters. The smallest absolute Gasteiger partial charge is 0.345 e. The van der Waals surface area contributed by atoms with E-state index >= 15 is 0 Å². The number of anilines is 3. The average Bonchev–Trinajstić information content (AvgIpc) is 3.39. The lowest BCUT2D eigenvalue weighted by Gasteiger charge is -2.53. The Morgan fingerprint density at radius 1 is 0.977 bits per heavy atom. The Balaban J connectivity index is 1.06. The molecule has 1 spiro atoms. The van der Waals surface area contributed by atoms with Gasteiger partial charge in [-0.05, 0) is 73.4 Å². The number of carboxylic acid groups (broad SMARTS) is 1. The van der Waals surface area contributed by atoms with Crippen LogP contribution in [0.5, 0.6) is 0 Å². The summed E-state index contributed by atoms with van der Waals surface area (Å²) in [6, 6.07) is 19.8. The lowest BCUT2D eigenvalue weighted by molar-refractivity contribution is -0.000511. The predicted molar refractivity (Wildman–Crippen MR) is 165 cm³/mol. The van der Waals surface area contributed by atoms with Crippen LogP contribution in [0.25, 0.3) is 10.4 Å². The molecule has 218 valence electrons. The molecule has 3 aliphatic rings. The number of carbonyl (C=O) groups is 3. The summed E-state index contributed by atoms with van der Waals surface area (Å²) in [7, 11) is 0. The van der Waals surface area contributed by atoms with Crippen molar-refractivity contribution < 1.29 is 24.2 Å². The quantitative estimate of drug-likeness (QED) is 0.310. The predicted octanol–water partition coefficient (Wildman–Crippen LogP) is 5.58. The van der Waals surface area contributed by atoms with Gasteiger partial charge in [0.05, 0.1) is 11.3 Å². The Morgan fingerprint density at radius 3 is 2.51 bits per heavy atom. The average molecular weight is 595 g/mol. The Bertz CT molecular complexity index is 1720. The number of aromatic nitrogens is 1. The molecule has 43 heavy (non-hydrogen) atoms. The van der Waals surface area contributed by atoms with E-state index in [2.05, 4.69) is 15.2 Å². The van der Waals surface area contributed by atoms with E-state index in [1.807, 2.05) is 24.3 Å². The number of amides is 2. The molecule has 2 saturated heterocycles. The fraction of sp³-hybridized carbons (Fsp3) is 0.273. The van der Waals surface area contributed by atoms with Gasteiger partial charge in [-0.3, -0.25) is 9.59 Å². The molecule has 4 aromatic rings. The lowest BCUT2D eigenvalue weighted by Crippen LogP contribution is -2.59. The SMILES string of the molecule is O=C(O)c1cc2c(s1)-c1ccccc1N(C(=O)c1ccc(NC(=O)c3cccnc3N3CC4(CCOCC4)C3)cc1)CC2. The third kappa shape index (κ3) is 5.06. The maximum Gasteiger partial charge on any atom is 0.345 e. The summed E-state index contributed by atoms with van der Waals surface area (Å²) in [4.78, 5) is 48.3. The van der Waals surface area contributed by atoms with Crippen LogP contribution < -0.4 is 15.1 Å². The highest BCUT2D eigenvalue weighted by atomic mass is 32.1. The van der Waals surface area contributed by atoms with Crippen LogP contribution >= 0.6 is 11.3 Å². The maximum absolute atomic E-state index is 13.7. The first-order chi connectivity index (χ1) is 20.9. The van der Waals surface area contributed by atoms with Crippen LogP contribution in [-0.2, 0) is 11.2 Å². The molecule has 2 fully saturated rings. The zero-order valence-corrected chi connectivity index (χ0v) is 24.2. The van der Waals surface area contributed by atoms with E-state index in [0.29, 0.717) is 40.5 Å². The minimum atomic E-state index is -0.945. The molecule has 0 bridgehead atoms. The van der Waals surface area contributed by atoms with Gasteiger partial charge in [0.25, 0.3) is 11.8 Å². The van der Waals surface area contributed by atoms with Crippen molar-refractivity contribution in [2.45, 2.75) is 19.3 Å². The molecule has 3 aliphatic heterocycles. The number of pyridine rings is 1. The van der Waals surface area contributed by atoms with Crippen LogP contribution in [0.4, 0.5) is 17.2 Å². The van der Waals surface area contributed by atoms with Gasteiger partial charge in [-0.1, -0.05) is 18.2 Å². The van der Waals surface area contributed by atoms with E-state index in [0.717, 1.165) is 60.8 Å². The van der Waals surface area contributed by atoms with Gasteiger partial charge in [-0.15, -0.1) is 11.3 Å². The van der Waals surface area contributed by atoms with E-state index in [4.69, 9.17) is 4.74 Å². The van der Waals surface area contributed by atoms with Crippen molar-refractivity contribution >= 4 is 46.3 Å². The third-order valence-electron chi connectivity index (χ3n) is 8.64. The Hall–Kier alpha value is -4.54. The van der Waals surface area contributed by atoms with E-state index in [1.54, 1.807) is 53.6 Å². The highest BCUT2D eigenvalue weighted by molar-refractivity contribution is 7.17. The maximum atomic E-state index is 13.7. The van der Waals surface area contributed by atoms with Crippen molar-refractivity contribution in [2.75, 3.05) is 48.0 Å². The fourth-order valence-electron chi connectivity index (χ4n) is 6.32. The Labute approximate surface area is 252 Å². The van der Waals surface area contributed by atoms with Crippen LogP contribution in [-0.4, -0.2) is 60.7 Å². The largest absolute Gasteiger partial charge is 0.477 e. The molecule has 7 rings (SSSR count). The van der Waals surface area contributed by atoms with Crippen molar-refractivity contribution in [3.63, 3.8) is 0 Å². The number of thiophene rings is 1. The highest BCUT2D eigenvalue weighted by Gasteiger charge is 2.45. The van der Waals surface area contributed by atoms with E-state index in [-0.39, 0.29) is 17.2 Å². The van der Waals surface area contributed by atoms with Gasteiger partial charge >= 0.3 is 5.97 Å². The summed E-state index contributed by atoms with van der Waals surface area (Å²) in [6.45, 7) is 3.74. The minimum absolute atomic E-state index is 0.159. The van der Waals surface area contributed by atoms with Crippen molar-refractivity contribution in [3.8, 4) is 10.4 Å². The number of nitrogens with one attached hydrogen (secondary N) is 1. The Morgan fingerprint density at radius 2 is 1.74 bits per heavy atom. The van der Waals surface area contributed by atoms with Crippen LogP contribution in [0.3, 0.4) is 0 Å². The highest BCUT2D eigenvalue weighted by Crippen LogP contribution is 2.43. The molecular weight excluding hydrogens is 564 g/mol. The molecule has 2 amide bonds. The summed E-state index contributed by atoms with van der Waals surface area (Å²) in [5.74, 6) is -0.663. The first kappa shape index (κ1) is 27.3. The lowest BCUT2D eigenvalue weighted by atomic mass is 9.73. The molecule has 10 heteroatoms. The molecule has 0 saturated carbocycles. The van der Waals surface area contributed by atoms with E-state index < -0.39 is 5.97 Å². The number of hydrogen-bond donors (Lipinski definition) is 2. The standard InChI is InChI=1S/C33H30N4O5S/c38-30(25-5-3-14-34-29(25)36-19-33(20-36)12-16-42-17-13-33)35-23-9-7-21(8-10-23)31(39)37-15-11-22-18-27(32(40)41)43-28(22)24-4-1-2-6-26(24)37/h1-10,14,18H,11-13,15-17,19-20H2,(H,35,38)(H,40,41). The van der Waals surface area contributed by atoms with Gasteiger partial charge < -0.3 is 25.0 Å². The summed E-state index contributed by atoms with van der Waals surface area (Å²) in [5.41, 5.74) is 4.38. The molecule has 2 aromatic heterocycles. The molecule has 9 nitrogen and oxygen atoms in total. The first-order valence-electron chi connectivity index (χ1n) is 14.4. The van der Waals surface area contributed by atoms with Gasteiger partial charge in [-0.25, -0.2) is 9.78 Å². The van der Waals surface area contributed by atoms with Crippen molar-refractivity contribution in [2.24, 2.45) is 5.41 Å². The third-order valence-corrected chi connectivity index (χ3v) is 9.83. The zero-order chi connectivity index (χ0) is 29.6. The molecule has 0 radical (unpaired) electrons. The summed E-state index contributed by atoms with van der Waals surface area (Å²) >= 11 is 1.24. The molecular formula is C33H30N4O5S. The van der Waals surface area contributed by atoms with Gasteiger partial charge in [0.15, 0.2) is 0 Å². The topological polar surface area (TPSA) is 112 Å². The fourth-order valence-corrected chi connectivity index (χ4v) is 7.41. The van der Waals surface area contributed by atoms with Crippen LogP contribution in [0.2, 0.25) is 0 Å². The summed E-state index contributed by atoms with van der Waals surface area (Å²) in [5, 5.41) is 12.5. The van der Waals surface area contributed by atoms with Gasteiger partial charge in [-0.2, -0.15) is 0 Å². The van der Waals surface area contributed by atoms with Crippen LogP contribution in [0.15, 0.2) is 72.9 Å². The van der Waals surface area contributed by atoms with Crippen LogP contribution in [0.1, 0.15) is 48.8 Å². The van der Waals surface area contributed by atoms with Gasteiger partial charge in [0.1, 0.15) is 10.7 Å². The Kier molecular flexibility index (Phi) is 6.95. The van der Waals surface area contributed by atoms with Crippen LogP contribution in [0, 0.1) is 5.41 Å². The summed E-state index contributed by atoms with van der Waals surface area (Å²) < 4.78 is 5.53. The number of rotatable bonds is 5. The van der Waals surface area contributed by atoms with Gasteiger partial charge in [0, 0.05) is 66.2 Å². The molecule has 2 N–H and O–H groups in total. The van der Waals surface area contributed by atoms with E-state index in [9.17, 15) is 19.5 Å². The normalized spacial score (nSPS) is 16.9. The second-order valence-corrected chi connectivity index (χ2v) is 12.4. The monoisotopic (exact) mass is 594 g/mol. The number of benzene rings is 2. The number of fused-ring (bicyclic) bond motifs is 3. The van der Waals surface area contributed by atoms with Crippen molar-refractivity contribution in [3.05, 3.63) is 94.5 Å². The first-order valence-corrected chi connectivity index (χ1v) is 15.2. The molecule has 0 aliphatic carbocycles.